The molecule has 0 radical (unpaired) electrons. The van der Waals surface area contributed by atoms with Crippen molar-refractivity contribution >= 4 is 0 Å². The first-order chi connectivity index (χ1) is 20.2. The molecule has 10 heteroatoms. The van der Waals surface area contributed by atoms with Crippen LogP contribution >= 0.6 is 0 Å². The summed E-state index contributed by atoms with van der Waals surface area (Å²) >= 11 is 0. The summed E-state index contributed by atoms with van der Waals surface area (Å²) in [6.45, 7) is 20.0. The Labute approximate surface area is 254 Å². The molecule has 10 nitrogen and oxygen atoms in total. The topological polar surface area (TPSA) is 103 Å². The molecule has 0 saturated carbocycles. The molecular weight excluding hydrogens is 544 g/mol. The standard InChI is InChI=1S/C32H58O10/c1-31(2,3)28-32(4,5)29-6-8-30(9-7-29)42-27-26-41-25-24-40-23-22-39-21-20-38-19-18-37-17-16-36-15-14-35-13-12-34-11-10-33/h6-9,33H,10-28H2,1-5H3. The summed E-state index contributed by atoms with van der Waals surface area (Å²) in [7, 11) is 0. The average molecular weight is 603 g/mol. The maximum atomic E-state index is 8.58. The molecule has 0 aliphatic rings. The minimum Gasteiger partial charge on any atom is -0.491 e. The number of benzene rings is 1. The fourth-order valence-electron chi connectivity index (χ4n) is 4.35. The van der Waals surface area contributed by atoms with Crippen LogP contribution in [0.25, 0.3) is 0 Å². The van der Waals surface area contributed by atoms with Crippen LogP contribution < -0.4 is 4.74 Å². The molecule has 0 aromatic heterocycles. The van der Waals surface area contributed by atoms with Gasteiger partial charge in [0.15, 0.2) is 0 Å². The van der Waals surface area contributed by atoms with Gasteiger partial charge in [0.1, 0.15) is 12.4 Å². The van der Waals surface area contributed by atoms with Crippen molar-refractivity contribution in [2.75, 3.05) is 119 Å². The Morgan fingerprint density at radius 3 is 1.07 bits per heavy atom. The smallest absolute Gasteiger partial charge is 0.119 e. The summed E-state index contributed by atoms with van der Waals surface area (Å²) in [5.74, 6) is 0.861. The Balaban J connectivity index is 1.80. The van der Waals surface area contributed by atoms with E-state index in [9.17, 15) is 0 Å². The summed E-state index contributed by atoms with van der Waals surface area (Å²) in [5.41, 5.74) is 1.74. The summed E-state index contributed by atoms with van der Waals surface area (Å²) in [4.78, 5) is 0. The highest BCUT2D eigenvalue weighted by Gasteiger charge is 2.27. The van der Waals surface area contributed by atoms with E-state index in [4.69, 9.17) is 47.7 Å². The number of hydrogen-bond donors (Lipinski definition) is 1. The normalized spacial score (nSPS) is 12.2. The van der Waals surface area contributed by atoms with Crippen LogP contribution in [-0.4, -0.2) is 124 Å². The number of hydrogen-bond acceptors (Lipinski definition) is 10. The number of rotatable bonds is 29. The summed E-state index contributed by atoms with van der Waals surface area (Å²) < 4.78 is 49.2. The Morgan fingerprint density at radius 1 is 0.452 bits per heavy atom. The van der Waals surface area contributed by atoms with Crippen LogP contribution in [0, 0.1) is 5.41 Å². The third kappa shape index (κ3) is 23.2. The van der Waals surface area contributed by atoms with Crippen LogP contribution in [-0.2, 0) is 43.3 Å². The van der Waals surface area contributed by atoms with E-state index in [-0.39, 0.29) is 17.4 Å². The highest BCUT2D eigenvalue weighted by molar-refractivity contribution is 5.31. The molecule has 0 atom stereocenters. The molecule has 42 heavy (non-hydrogen) atoms. The molecule has 1 aromatic rings. The quantitative estimate of drug-likeness (QED) is 0.136. The van der Waals surface area contributed by atoms with Gasteiger partial charge in [0.2, 0.25) is 0 Å². The first-order valence-electron chi connectivity index (χ1n) is 15.2. The van der Waals surface area contributed by atoms with Gasteiger partial charge >= 0.3 is 0 Å². The third-order valence-corrected chi connectivity index (χ3v) is 5.94. The number of ether oxygens (including phenoxy) is 9. The molecule has 0 saturated heterocycles. The lowest BCUT2D eigenvalue weighted by Crippen LogP contribution is -2.24. The van der Waals surface area contributed by atoms with Crippen LogP contribution in [0.1, 0.15) is 46.6 Å². The van der Waals surface area contributed by atoms with Gasteiger partial charge in [-0.2, -0.15) is 0 Å². The van der Waals surface area contributed by atoms with E-state index in [2.05, 4.69) is 46.8 Å². The molecule has 1 aromatic carbocycles. The maximum Gasteiger partial charge on any atom is 0.119 e. The molecule has 1 rings (SSSR count). The van der Waals surface area contributed by atoms with E-state index in [0.29, 0.717) is 112 Å². The second-order valence-electron chi connectivity index (χ2n) is 11.6. The fourth-order valence-corrected chi connectivity index (χ4v) is 4.35. The second kappa shape index (κ2) is 25.0. The second-order valence-corrected chi connectivity index (χ2v) is 11.6. The Kier molecular flexibility index (Phi) is 23.1. The highest BCUT2D eigenvalue weighted by atomic mass is 16.6. The Hall–Kier alpha value is -1.34. The largest absolute Gasteiger partial charge is 0.491 e. The zero-order chi connectivity index (χ0) is 30.8. The average Bonchev–Trinajstić information content (AvgIpc) is 2.94. The van der Waals surface area contributed by atoms with Gasteiger partial charge < -0.3 is 47.7 Å². The maximum absolute atomic E-state index is 8.58. The monoisotopic (exact) mass is 602 g/mol. The molecule has 0 unspecified atom stereocenters. The Morgan fingerprint density at radius 2 is 0.762 bits per heavy atom. The van der Waals surface area contributed by atoms with Crippen molar-refractivity contribution < 1.29 is 47.7 Å². The Bertz CT molecular complexity index is 721. The first-order valence-corrected chi connectivity index (χ1v) is 15.2. The SMILES string of the molecule is CC(C)(C)CC(C)(C)c1ccc(OCCOCCOCCOCCOCCOCCOCCOCCOCCO)cc1. The van der Waals surface area contributed by atoms with E-state index in [1.807, 2.05) is 12.1 Å². The van der Waals surface area contributed by atoms with Crippen molar-refractivity contribution in [2.24, 2.45) is 5.41 Å². The lowest BCUT2D eigenvalue weighted by Gasteiger charge is -2.33. The van der Waals surface area contributed by atoms with Crippen molar-refractivity contribution in [3.8, 4) is 5.75 Å². The first kappa shape index (κ1) is 38.7. The van der Waals surface area contributed by atoms with Crippen molar-refractivity contribution in [1.82, 2.24) is 0 Å². The van der Waals surface area contributed by atoms with Crippen LogP contribution in [0.15, 0.2) is 24.3 Å². The van der Waals surface area contributed by atoms with Crippen LogP contribution in [0.3, 0.4) is 0 Å². The lowest BCUT2D eigenvalue weighted by atomic mass is 9.72. The predicted molar refractivity (Wildman–Crippen MR) is 163 cm³/mol. The van der Waals surface area contributed by atoms with Crippen molar-refractivity contribution in [3.63, 3.8) is 0 Å². The zero-order valence-electron chi connectivity index (χ0n) is 26.9. The van der Waals surface area contributed by atoms with E-state index in [1.54, 1.807) is 0 Å². The van der Waals surface area contributed by atoms with E-state index >= 15 is 0 Å². The summed E-state index contributed by atoms with van der Waals surface area (Å²) in [5, 5.41) is 8.58. The minimum atomic E-state index is 0.0285. The molecule has 0 bridgehead atoms. The molecule has 1 N–H and O–H groups in total. The predicted octanol–water partition coefficient (Wildman–Crippen LogP) is 3.90. The minimum absolute atomic E-state index is 0.0285. The van der Waals surface area contributed by atoms with Gasteiger partial charge in [-0.3, -0.25) is 0 Å². The molecule has 0 amide bonds. The van der Waals surface area contributed by atoms with Gasteiger partial charge in [-0.15, -0.1) is 0 Å². The summed E-state index contributed by atoms with van der Waals surface area (Å²) in [6.07, 6.45) is 1.12. The van der Waals surface area contributed by atoms with Crippen LogP contribution in [0.2, 0.25) is 0 Å². The molecule has 0 aliphatic carbocycles. The van der Waals surface area contributed by atoms with Gasteiger partial charge in [0.05, 0.1) is 112 Å². The molecule has 0 heterocycles. The van der Waals surface area contributed by atoms with E-state index in [0.717, 1.165) is 12.2 Å². The van der Waals surface area contributed by atoms with Crippen LogP contribution in [0.4, 0.5) is 0 Å². The van der Waals surface area contributed by atoms with Gasteiger partial charge in [-0.05, 0) is 34.9 Å². The molecular formula is C32H58O10. The number of aliphatic hydroxyl groups is 1. The fraction of sp³-hybridized carbons (Fsp3) is 0.812. The molecule has 0 fully saturated rings. The van der Waals surface area contributed by atoms with Gasteiger partial charge in [-0.25, -0.2) is 0 Å². The van der Waals surface area contributed by atoms with Gasteiger partial charge in [0, 0.05) is 0 Å². The lowest BCUT2D eigenvalue weighted by molar-refractivity contribution is -0.0242. The van der Waals surface area contributed by atoms with Gasteiger partial charge in [-0.1, -0.05) is 46.8 Å². The molecule has 246 valence electrons. The summed E-state index contributed by atoms with van der Waals surface area (Å²) in [6, 6.07) is 8.41. The zero-order valence-corrected chi connectivity index (χ0v) is 26.9. The highest BCUT2D eigenvalue weighted by Crippen LogP contribution is 2.36. The van der Waals surface area contributed by atoms with Crippen LogP contribution in [0.5, 0.6) is 5.75 Å². The van der Waals surface area contributed by atoms with Gasteiger partial charge in [0.25, 0.3) is 0 Å². The van der Waals surface area contributed by atoms with E-state index < -0.39 is 0 Å². The van der Waals surface area contributed by atoms with Crippen molar-refractivity contribution in [1.29, 1.82) is 0 Å². The van der Waals surface area contributed by atoms with Crippen molar-refractivity contribution in [3.05, 3.63) is 29.8 Å². The third-order valence-electron chi connectivity index (χ3n) is 5.94. The van der Waals surface area contributed by atoms with Crippen molar-refractivity contribution in [2.45, 2.75) is 46.5 Å². The van der Waals surface area contributed by atoms with E-state index in [1.165, 1.54) is 5.56 Å². The molecule has 0 spiro atoms. The number of aliphatic hydroxyl groups excluding tert-OH is 1. The molecule has 0 aliphatic heterocycles.